The van der Waals surface area contributed by atoms with Crippen molar-refractivity contribution >= 4 is 29.1 Å². The lowest BCUT2D eigenvalue weighted by Crippen LogP contribution is -2.09. The first-order valence-electron chi connectivity index (χ1n) is 8.27. The summed E-state index contributed by atoms with van der Waals surface area (Å²) in [6.07, 6.45) is 0.925. The van der Waals surface area contributed by atoms with Crippen molar-refractivity contribution in [2.45, 2.75) is 20.3 Å². The largest absolute Gasteiger partial charge is 0.354 e. The Bertz CT molecular complexity index is 850. The van der Waals surface area contributed by atoms with Gasteiger partial charge in [0.15, 0.2) is 0 Å². The number of benzene rings is 2. The maximum absolute atomic E-state index is 6.18. The predicted octanol–water partition coefficient (Wildman–Crippen LogP) is 5.15. The van der Waals surface area contributed by atoms with Gasteiger partial charge in [0.25, 0.3) is 0 Å². The van der Waals surface area contributed by atoms with Crippen LogP contribution < -0.4 is 10.6 Å². The van der Waals surface area contributed by atoms with E-state index in [9.17, 15) is 0 Å². The fourth-order valence-corrected chi connectivity index (χ4v) is 2.73. The maximum atomic E-state index is 6.18. The highest BCUT2D eigenvalue weighted by Gasteiger charge is 2.06. The predicted molar refractivity (Wildman–Crippen MR) is 105 cm³/mol. The zero-order valence-corrected chi connectivity index (χ0v) is 15.1. The van der Waals surface area contributed by atoms with Crippen LogP contribution in [0.4, 0.5) is 17.5 Å². The highest BCUT2D eigenvalue weighted by molar-refractivity contribution is 6.31. The van der Waals surface area contributed by atoms with Crippen molar-refractivity contribution in [2.24, 2.45) is 0 Å². The van der Waals surface area contributed by atoms with Crippen molar-refractivity contribution in [1.82, 2.24) is 9.97 Å². The van der Waals surface area contributed by atoms with Crippen molar-refractivity contribution in [1.29, 1.82) is 0 Å². The quantitative estimate of drug-likeness (QED) is 0.644. The summed E-state index contributed by atoms with van der Waals surface area (Å²) in [5, 5.41) is 7.36. The van der Waals surface area contributed by atoms with E-state index in [0.29, 0.717) is 5.95 Å². The summed E-state index contributed by atoms with van der Waals surface area (Å²) < 4.78 is 0. The molecule has 0 unspecified atom stereocenters. The van der Waals surface area contributed by atoms with Crippen LogP contribution in [0.5, 0.6) is 0 Å². The van der Waals surface area contributed by atoms with E-state index < -0.39 is 0 Å². The average Bonchev–Trinajstić information content (AvgIpc) is 2.59. The van der Waals surface area contributed by atoms with E-state index in [4.69, 9.17) is 11.6 Å². The summed E-state index contributed by atoms with van der Waals surface area (Å²) in [7, 11) is 0. The first kappa shape index (κ1) is 17.2. The number of anilines is 3. The molecular formula is C20H21ClN4. The number of nitrogens with zero attached hydrogens (tertiary/aromatic N) is 2. The van der Waals surface area contributed by atoms with E-state index in [2.05, 4.69) is 32.7 Å². The van der Waals surface area contributed by atoms with E-state index in [1.165, 1.54) is 5.56 Å². The van der Waals surface area contributed by atoms with Crippen molar-refractivity contribution < 1.29 is 0 Å². The lowest BCUT2D eigenvalue weighted by atomic mass is 10.1. The number of hydrogen-bond donors (Lipinski definition) is 2. The number of rotatable bonds is 6. The number of aromatic nitrogens is 2. The van der Waals surface area contributed by atoms with E-state index in [1.54, 1.807) is 0 Å². The molecule has 4 nitrogen and oxygen atoms in total. The molecule has 0 aliphatic rings. The third kappa shape index (κ3) is 4.70. The van der Waals surface area contributed by atoms with Crippen LogP contribution in [0.25, 0.3) is 0 Å². The van der Waals surface area contributed by atoms with Crippen LogP contribution in [0, 0.1) is 13.8 Å². The molecule has 0 amide bonds. The van der Waals surface area contributed by atoms with Gasteiger partial charge in [-0.15, -0.1) is 0 Å². The maximum Gasteiger partial charge on any atom is 0.224 e. The molecule has 3 aromatic rings. The van der Waals surface area contributed by atoms with Gasteiger partial charge in [-0.25, -0.2) is 4.98 Å². The Morgan fingerprint density at radius 3 is 2.56 bits per heavy atom. The average molecular weight is 353 g/mol. The molecule has 0 bridgehead atoms. The first-order chi connectivity index (χ1) is 12.1. The van der Waals surface area contributed by atoms with Crippen molar-refractivity contribution in [3.8, 4) is 0 Å². The topological polar surface area (TPSA) is 49.8 Å². The van der Waals surface area contributed by atoms with Gasteiger partial charge in [0, 0.05) is 29.0 Å². The van der Waals surface area contributed by atoms with Gasteiger partial charge in [0.2, 0.25) is 5.95 Å². The lowest BCUT2D eigenvalue weighted by molar-refractivity contribution is 0.976. The van der Waals surface area contributed by atoms with Gasteiger partial charge in [-0.1, -0.05) is 48.0 Å². The van der Waals surface area contributed by atoms with Gasteiger partial charge >= 0.3 is 0 Å². The van der Waals surface area contributed by atoms with Gasteiger partial charge in [-0.3, -0.25) is 0 Å². The molecule has 0 saturated heterocycles. The molecule has 5 heteroatoms. The summed E-state index contributed by atoms with van der Waals surface area (Å²) in [6.45, 7) is 4.72. The third-order valence-corrected chi connectivity index (χ3v) is 4.33. The summed E-state index contributed by atoms with van der Waals surface area (Å²) in [6, 6.07) is 18.1. The minimum atomic E-state index is 0.623. The van der Waals surface area contributed by atoms with E-state index in [1.807, 2.05) is 56.3 Å². The number of aryl methyl sites for hydroxylation is 1. The minimum Gasteiger partial charge on any atom is -0.354 e. The van der Waals surface area contributed by atoms with E-state index >= 15 is 0 Å². The second-order valence-electron chi connectivity index (χ2n) is 5.92. The van der Waals surface area contributed by atoms with Gasteiger partial charge in [0.1, 0.15) is 5.82 Å². The normalized spacial score (nSPS) is 10.5. The summed E-state index contributed by atoms with van der Waals surface area (Å²) >= 11 is 6.18. The molecule has 3 rings (SSSR count). The van der Waals surface area contributed by atoms with Crippen LogP contribution in [0.3, 0.4) is 0 Å². The molecule has 0 atom stereocenters. The van der Waals surface area contributed by atoms with Crippen LogP contribution in [-0.2, 0) is 6.42 Å². The molecule has 0 spiro atoms. The molecule has 0 radical (unpaired) electrons. The highest BCUT2D eigenvalue weighted by atomic mass is 35.5. The van der Waals surface area contributed by atoms with E-state index in [-0.39, 0.29) is 0 Å². The zero-order chi connectivity index (χ0) is 17.6. The van der Waals surface area contributed by atoms with Crippen molar-refractivity contribution in [3.05, 3.63) is 76.4 Å². The van der Waals surface area contributed by atoms with Crippen LogP contribution in [0.2, 0.25) is 5.02 Å². The minimum absolute atomic E-state index is 0.623. The summed E-state index contributed by atoms with van der Waals surface area (Å²) in [4.78, 5) is 9.01. The summed E-state index contributed by atoms with van der Waals surface area (Å²) in [5.74, 6) is 1.37. The molecule has 0 aliphatic carbocycles. The number of nitrogens with one attached hydrogen (secondary N) is 2. The molecule has 2 aromatic carbocycles. The smallest absolute Gasteiger partial charge is 0.224 e. The Kier molecular flexibility index (Phi) is 5.51. The molecule has 0 saturated carbocycles. The molecule has 0 aliphatic heterocycles. The van der Waals surface area contributed by atoms with Gasteiger partial charge < -0.3 is 10.6 Å². The molecular weight excluding hydrogens is 332 g/mol. The number of halogens is 1. The van der Waals surface area contributed by atoms with Gasteiger partial charge in [-0.2, -0.15) is 4.98 Å². The molecule has 0 fully saturated rings. The van der Waals surface area contributed by atoms with Crippen molar-refractivity contribution in [2.75, 3.05) is 17.2 Å². The Morgan fingerprint density at radius 1 is 0.960 bits per heavy atom. The second kappa shape index (κ2) is 7.99. The Morgan fingerprint density at radius 2 is 1.76 bits per heavy atom. The molecule has 1 heterocycles. The molecule has 1 aromatic heterocycles. The molecule has 25 heavy (non-hydrogen) atoms. The van der Waals surface area contributed by atoms with Crippen LogP contribution in [0.15, 0.2) is 54.6 Å². The van der Waals surface area contributed by atoms with Crippen molar-refractivity contribution in [3.63, 3.8) is 0 Å². The fraction of sp³-hybridized carbons (Fsp3) is 0.200. The van der Waals surface area contributed by atoms with Crippen LogP contribution in [-0.4, -0.2) is 16.5 Å². The summed E-state index contributed by atoms with van der Waals surface area (Å²) in [5.41, 5.74) is 4.13. The van der Waals surface area contributed by atoms with Crippen LogP contribution >= 0.6 is 11.6 Å². The fourth-order valence-electron chi connectivity index (χ4n) is 2.56. The second-order valence-corrected chi connectivity index (χ2v) is 6.33. The Labute approximate surface area is 153 Å². The zero-order valence-electron chi connectivity index (χ0n) is 14.4. The first-order valence-corrected chi connectivity index (χ1v) is 8.65. The lowest BCUT2D eigenvalue weighted by Gasteiger charge is -2.12. The molecule has 2 N–H and O–H groups in total. The Balaban J connectivity index is 1.69. The van der Waals surface area contributed by atoms with Gasteiger partial charge in [0.05, 0.1) is 0 Å². The SMILES string of the molecule is Cc1cc(Nc2cccc(Cl)c2C)nc(NCCc2ccccc2)n1. The third-order valence-electron chi connectivity index (χ3n) is 3.92. The molecule has 128 valence electrons. The monoisotopic (exact) mass is 352 g/mol. The Hall–Kier alpha value is -2.59. The standard InChI is InChI=1S/C20H21ClN4/c1-14-13-19(24-18-10-6-9-17(21)15(18)2)25-20(23-14)22-12-11-16-7-4-3-5-8-16/h3-10,13H,11-12H2,1-2H3,(H2,22,23,24,25). The van der Waals surface area contributed by atoms with E-state index in [0.717, 1.165) is 40.8 Å². The van der Waals surface area contributed by atoms with Gasteiger partial charge in [-0.05, 0) is 43.5 Å². The van der Waals surface area contributed by atoms with Crippen LogP contribution in [0.1, 0.15) is 16.8 Å². The number of hydrogen-bond acceptors (Lipinski definition) is 4. The highest BCUT2D eigenvalue weighted by Crippen LogP contribution is 2.26.